The molecule has 2 aromatic rings. The Morgan fingerprint density at radius 1 is 0.842 bits per heavy atom. The predicted molar refractivity (Wildman–Crippen MR) is 75.6 cm³/mol. The maximum absolute atomic E-state index is 12.5. The second-order valence-corrected chi connectivity index (χ2v) is 4.74. The number of ketones is 2. The Morgan fingerprint density at radius 2 is 1.42 bits per heavy atom. The third-order valence-corrected chi connectivity index (χ3v) is 3.44. The van der Waals surface area contributed by atoms with Crippen molar-refractivity contribution in [2.75, 3.05) is 0 Å². The minimum atomic E-state index is -0.200. The molecule has 19 heavy (non-hydrogen) atoms. The van der Waals surface area contributed by atoms with Gasteiger partial charge in [-0.3, -0.25) is 9.59 Å². The molecule has 0 aromatic heterocycles. The molecule has 0 spiro atoms. The number of benzene rings is 2. The highest BCUT2D eigenvalue weighted by molar-refractivity contribution is 7.80. The fourth-order valence-corrected chi connectivity index (χ4v) is 2.52. The molecule has 0 saturated carbocycles. The van der Waals surface area contributed by atoms with E-state index in [0.717, 1.165) is 0 Å². The van der Waals surface area contributed by atoms with E-state index < -0.39 is 0 Å². The van der Waals surface area contributed by atoms with Gasteiger partial charge in [-0.15, -0.1) is 0 Å². The Balaban J connectivity index is 2.36. The van der Waals surface area contributed by atoms with Crippen LogP contribution in [0.1, 0.15) is 37.4 Å². The van der Waals surface area contributed by atoms with Gasteiger partial charge >= 0.3 is 0 Å². The molecule has 3 rings (SSSR count). The number of nitrogens with two attached hydrogens (primary N) is 1. The Hall–Kier alpha value is -2.33. The number of fused-ring (bicyclic) bond motifs is 2. The van der Waals surface area contributed by atoms with Crippen molar-refractivity contribution in [2.45, 2.75) is 0 Å². The van der Waals surface area contributed by atoms with Crippen LogP contribution in [-0.4, -0.2) is 16.6 Å². The number of carbonyl (C=O) groups is 2. The summed E-state index contributed by atoms with van der Waals surface area (Å²) in [7, 11) is 0. The van der Waals surface area contributed by atoms with Gasteiger partial charge in [0.05, 0.1) is 0 Å². The molecule has 0 aliphatic heterocycles. The number of hydrogen-bond donors (Lipinski definition) is 1. The highest BCUT2D eigenvalue weighted by Gasteiger charge is 2.31. The summed E-state index contributed by atoms with van der Waals surface area (Å²) in [5.41, 5.74) is 7.62. The van der Waals surface area contributed by atoms with E-state index in [1.54, 1.807) is 42.5 Å². The summed E-state index contributed by atoms with van der Waals surface area (Å²) in [5.74, 6) is -0.364. The van der Waals surface area contributed by atoms with Gasteiger partial charge in [0.15, 0.2) is 11.6 Å². The highest BCUT2D eigenvalue weighted by atomic mass is 32.1. The normalized spacial score (nSPS) is 12.8. The van der Waals surface area contributed by atoms with Crippen molar-refractivity contribution in [1.82, 2.24) is 0 Å². The maximum atomic E-state index is 12.5. The number of carbonyl (C=O) groups excluding carboxylic acids is 2. The average Bonchev–Trinajstić information content (AvgIpc) is 2.44. The van der Waals surface area contributed by atoms with Crippen molar-refractivity contribution in [3.8, 4) is 0 Å². The van der Waals surface area contributed by atoms with Crippen molar-refractivity contribution in [3.63, 3.8) is 0 Å². The van der Waals surface area contributed by atoms with Crippen LogP contribution in [0.15, 0.2) is 42.5 Å². The lowest BCUT2D eigenvalue weighted by Crippen LogP contribution is -2.25. The van der Waals surface area contributed by atoms with Gasteiger partial charge in [0.2, 0.25) is 0 Å². The van der Waals surface area contributed by atoms with E-state index in [9.17, 15) is 9.59 Å². The minimum Gasteiger partial charge on any atom is -0.389 e. The van der Waals surface area contributed by atoms with Crippen LogP contribution >= 0.6 is 12.2 Å². The maximum Gasteiger partial charge on any atom is 0.195 e. The second-order valence-electron chi connectivity index (χ2n) is 4.30. The van der Waals surface area contributed by atoms with Crippen molar-refractivity contribution in [3.05, 3.63) is 70.3 Å². The van der Waals surface area contributed by atoms with Crippen LogP contribution < -0.4 is 5.73 Å². The van der Waals surface area contributed by atoms with Crippen molar-refractivity contribution >= 4 is 28.8 Å². The molecule has 0 atom stereocenters. The lowest BCUT2D eigenvalue weighted by molar-refractivity contribution is 0.0979. The van der Waals surface area contributed by atoms with Crippen molar-refractivity contribution < 1.29 is 9.59 Å². The topological polar surface area (TPSA) is 60.2 Å². The fourth-order valence-electron chi connectivity index (χ4n) is 2.35. The van der Waals surface area contributed by atoms with Gasteiger partial charge in [0.25, 0.3) is 0 Å². The minimum absolute atomic E-state index is 0.123. The summed E-state index contributed by atoms with van der Waals surface area (Å²) < 4.78 is 0. The largest absolute Gasteiger partial charge is 0.389 e. The molecule has 0 unspecified atom stereocenters. The van der Waals surface area contributed by atoms with Crippen LogP contribution in [0.2, 0.25) is 0 Å². The van der Waals surface area contributed by atoms with E-state index in [1.165, 1.54) is 0 Å². The zero-order valence-electron chi connectivity index (χ0n) is 9.84. The molecule has 1 aliphatic rings. The smallest absolute Gasteiger partial charge is 0.195 e. The molecule has 0 bridgehead atoms. The Bertz CT molecular complexity index is 750. The third-order valence-electron chi connectivity index (χ3n) is 3.22. The Kier molecular flexibility index (Phi) is 2.54. The van der Waals surface area contributed by atoms with Gasteiger partial charge in [0.1, 0.15) is 4.99 Å². The summed E-state index contributed by atoms with van der Waals surface area (Å²) in [4.78, 5) is 25.0. The molecular formula is C15H9NO2S. The SMILES string of the molecule is NC(=S)c1cccc2c1C(=O)c1ccccc1C2=O. The van der Waals surface area contributed by atoms with Gasteiger partial charge in [-0.1, -0.05) is 54.7 Å². The van der Waals surface area contributed by atoms with Gasteiger partial charge in [-0.2, -0.15) is 0 Å². The molecule has 0 saturated heterocycles. The summed E-state index contributed by atoms with van der Waals surface area (Å²) in [6, 6.07) is 11.8. The first kappa shape index (κ1) is 11.7. The highest BCUT2D eigenvalue weighted by Crippen LogP contribution is 2.29. The monoisotopic (exact) mass is 267 g/mol. The molecule has 0 heterocycles. The zero-order chi connectivity index (χ0) is 13.6. The van der Waals surface area contributed by atoms with E-state index in [1.807, 2.05) is 0 Å². The predicted octanol–water partition coefficient (Wildman–Crippen LogP) is 2.10. The van der Waals surface area contributed by atoms with Gasteiger partial charge < -0.3 is 5.73 Å². The van der Waals surface area contributed by atoms with Crippen molar-refractivity contribution in [1.29, 1.82) is 0 Å². The molecular weight excluding hydrogens is 258 g/mol. The summed E-state index contributed by atoms with van der Waals surface area (Å²) in [5, 5.41) is 0. The van der Waals surface area contributed by atoms with Crippen LogP contribution in [0.3, 0.4) is 0 Å². The van der Waals surface area contributed by atoms with E-state index in [2.05, 4.69) is 0 Å². The average molecular weight is 267 g/mol. The number of rotatable bonds is 1. The molecule has 92 valence electrons. The van der Waals surface area contributed by atoms with Gasteiger partial charge in [-0.25, -0.2) is 0 Å². The van der Waals surface area contributed by atoms with Gasteiger partial charge in [0, 0.05) is 27.8 Å². The second kappa shape index (κ2) is 4.10. The molecule has 0 fully saturated rings. The summed E-state index contributed by atoms with van der Waals surface area (Å²) >= 11 is 4.95. The fraction of sp³-hybridized carbons (Fsp3) is 0. The van der Waals surface area contributed by atoms with Crippen LogP contribution in [0.5, 0.6) is 0 Å². The lowest BCUT2D eigenvalue weighted by Gasteiger charge is -2.19. The van der Waals surface area contributed by atoms with Crippen LogP contribution in [0, 0.1) is 0 Å². The first-order chi connectivity index (χ1) is 9.11. The van der Waals surface area contributed by atoms with Gasteiger partial charge in [-0.05, 0) is 0 Å². The van der Waals surface area contributed by atoms with E-state index in [4.69, 9.17) is 18.0 Å². The van der Waals surface area contributed by atoms with Crippen LogP contribution in [-0.2, 0) is 0 Å². The molecule has 0 amide bonds. The quantitative estimate of drug-likeness (QED) is 0.686. The third kappa shape index (κ3) is 1.61. The van der Waals surface area contributed by atoms with Crippen LogP contribution in [0.4, 0.5) is 0 Å². The molecule has 0 radical (unpaired) electrons. The molecule has 1 aliphatic carbocycles. The standard InChI is InChI=1S/C15H9NO2S/c16-15(19)11-7-3-6-10-12(11)14(18)9-5-2-1-4-8(9)13(10)17/h1-7H,(H2,16,19). The van der Waals surface area contributed by atoms with E-state index in [-0.39, 0.29) is 16.6 Å². The van der Waals surface area contributed by atoms with Crippen LogP contribution in [0.25, 0.3) is 0 Å². The number of thiocarbonyl (C=S) groups is 1. The van der Waals surface area contributed by atoms with Crippen molar-refractivity contribution in [2.24, 2.45) is 5.73 Å². The summed E-state index contributed by atoms with van der Waals surface area (Å²) in [6.45, 7) is 0. The summed E-state index contributed by atoms with van der Waals surface area (Å²) in [6.07, 6.45) is 0. The zero-order valence-corrected chi connectivity index (χ0v) is 10.7. The molecule has 2 N–H and O–H groups in total. The first-order valence-corrected chi connectivity index (χ1v) is 6.13. The molecule has 3 nitrogen and oxygen atoms in total. The Morgan fingerprint density at radius 3 is 2.05 bits per heavy atom. The molecule has 2 aromatic carbocycles. The number of hydrogen-bond acceptors (Lipinski definition) is 3. The molecule has 4 heteroatoms. The van der Waals surface area contributed by atoms with E-state index in [0.29, 0.717) is 27.8 Å². The van der Waals surface area contributed by atoms with E-state index >= 15 is 0 Å². The Labute approximate surface area is 115 Å². The first-order valence-electron chi connectivity index (χ1n) is 5.72. The lowest BCUT2D eigenvalue weighted by atomic mass is 9.82.